The van der Waals surface area contributed by atoms with Gasteiger partial charge in [-0.3, -0.25) is 0 Å². The van der Waals surface area contributed by atoms with Gasteiger partial charge in [0.2, 0.25) is 0 Å². The summed E-state index contributed by atoms with van der Waals surface area (Å²) < 4.78 is 29.5. The second-order valence-electron chi connectivity index (χ2n) is 5.95. The highest BCUT2D eigenvalue weighted by atomic mass is 32.2. The largest absolute Gasteiger partial charge is 0.444 e. The van der Waals surface area contributed by atoms with Gasteiger partial charge in [-0.2, -0.15) is 0 Å². The number of hydrogen-bond acceptors (Lipinski definition) is 5. The van der Waals surface area contributed by atoms with Crippen molar-refractivity contribution >= 4 is 15.9 Å². The quantitative estimate of drug-likeness (QED) is 0.795. The first-order valence-corrected chi connectivity index (χ1v) is 8.75. The summed E-state index contributed by atoms with van der Waals surface area (Å²) in [5.74, 6) is -0.428. The van der Waals surface area contributed by atoms with Gasteiger partial charge in [0.05, 0.1) is 11.1 Å². The zero-order valence-electron chi connectivity index (χ0n) is 13.2. The molecule has 0 aromatic heterocycles. The molecule has 7 heteroatoms. The van der Waals surface area contributed by atoms with Crippen LogP contribution in [0.5, 0.6) is 0 Å². The van der Waals surface area contributed by atoms with Gasteiger partial charge in [-0.1, -0.05) is 29.8 Å². The van der Waals surface area contributed by atoms with Crippen LogP contribution >= 0.6 is 0 Å². The highest BCUT2D eigenvalue weighted by Gasteiger charge is 2.30. The Morgan fingerprint density at radius 3 is 2.27 bits per heavy atom. The summed E-state index contributed by atoms with van der Waals surface area (Å²) >= 11 is 0. The molecule has 0 aliphatic heterocycles. The number of amides is 1. The van der Waals surface area contributed by atoms with E-state index in [0.29, 0.717) is 18.4 Å². The van der Waals surface area contributed by atoms with E-state index in [1.54, 1.807) is 26.0 Å². The molecule has 0 radical (unpaired) electrons. The van der Waals surface area contributed by atoms with Gasteiger partial charge in [-0.15, -0.1) is 0 Å². The standard InChI is InChI=1S/C15H24N2O4S/c1-11-4-6-12(7-5-11)13(22(19,20)10-16)8-9-15(2,3)21-14(17)18/h4-7,13H,8-10,16H2,1-3H3,(H2,17,18)/t13-/m0/s1. The van der Waals surface area contributed by atoms with Crippen LogP contribution in [0.2, 0.25) is 0 Å². The van der Waals surface area contributed by atoms with Crippen molar-refractivity contribution in [3.05, 3.63) is 35.4 Å². The van der Waals surface area contributed by atoms with Crippen LogP contribution in [0.4, 0.5) is 4.79 Å². The fraction of sp³-hybridized carbons (Fsp3) is 0.533. The molecule has 22 heavy (non-hydrogen) atoms. The van der Waals surface area contributed by atoms with Gasteiger partial charge in [0, 0.05) is 0 Å². The maximum atomic E-state index is 12.3. The van der Waals surface area contributed by atoms with Crippen LogP contribution in [-0.4, -0.2) is 26.0 Å². The lowest BCUT2D eigenvalue weighted by Crippen LogP contribution is -2.32. The van der Waals surface area contributed by atoms with Gasteiger partial charge in [-0.25, -0.2) is 13.2 Å². The van der Waals surface area contributed by atoms with Crippen LogP contribution < -0.4 is 11.5 Å². The lowest BCUT2D eigenvalue weighted by atomic mass is 9.98. The molecule has 1 aromatic carbocycles. The minimum absolute atomic E-state index is 0.295. The van der Waals surface area contributed by atoms with Crippen LogP contribution in [0.25, 0.3) is 0 Å². The summed E-state index contributed by atoms with van der Waals surface area (Å²) in [7, 11) is -3.47. The Morgan fingerprint density at radius 1 is 1.27 bits per heavy atom. The molecule has 1 atom stereocenters. The maximum absolute atomic E-state index is 12.3. The number of hydrogen-bond donors (Lipinski definition) is 2. The van der Waals surface area contributed by atoms with E-state index in [2.05, 4.69) is 0 Å². The number of rotatable bonds is 7. The van der Waals surface area contributed by atoms with E-state index in [-0.39, 0.29) is 0 Å². The maximum Gasteiger partial charge on any atom is 0.405 e. The molecule has 4 N–H and O–H groups in total. The van der Waals surface area contributed by atoms with E-state index < -0.39 is 32.7 Å². The number of aryl methyl sites for hydroxylation is 1. The van der Waals surface area contributed by atoms with Gasteiger partial charge in [0.1, 0.15) is 5.60 Å². The molecule has 0 fully saturated rings. The van der Waals surface area contributed by atoms with E-state index in [0.717, 1.165) is 5.56 Å². The molecule has 0 aliphatic rings. The molecule has 0 saturated carbocycles. The molecular formula is C15H24N2O4S. The first-order chi connectivity index (χ1) is 10.1. The summed E-state index contributed by atoms with van der Waals surface area (Å²) in [5, 5.41) is -0.728. The molecule has 0 aliphatic carbocycles. The number of benzene rings is 1. The predicted molar refractivity (Wildman–Crippen MR) is 85.9 cm³/mol. The summed E-state index contributed by atoms with van der Waals surface area (Å²) in [6, 6.07) is 7.29. The zero-order valence-corrected chi connectivity index (χ0v) is 14.0. The van der Waals surface area contributed by atoms with E-state index in [4.69, 9.17) is 16.2 Å². The third kappa shape index (κ3) is 5.31. The molecule has 0 unspecified atom stereocenters. The molecule has 6 nitrogen and oxygen atoms in total. The fourth-order valence-corrected chi connectivity index (χ4v) is 3.53. The average molecular weight is 328 g/mol. The Balaban J connectivity index is 2.98. The van der Waals surface area contributed by atoms with Crippen LogP contribution in [0.3, 0.4) is 0 Å². The van der Waals surface area contributed by atoms with Gasteiger partial charge < -0.3 is 16.2 Å². The van der Waals surface area contributed by atoms with Crippen molar-refractivity contribution in [2.45, 2.75) is 44.5 Å². The van der Waals surface area contributed by atoms with Crippen molar-refractivity contribution in [1.82, 2.24) is 0 Å². The number of carbonyl (C=O) groups excluding carboxylic acids is 1. The SMILES string of the molecule is Cc1ccc([C@H](CCC(C)(C)OC(N)=O)S(=O)(=O)CN)cc1. The molecule has 1 aromatic rings. The third-order valence-electron chi connectivity index (χ3n) is 3.50. The Hall–Kier alpha value is -1.60. The van der Waals surface area contributed by atoms with Crippen molar-refractivity contribution < 1.29 is 17.9 Å². The Bertz CT molecular complexity index is 609. The lowest BCUT2D eigenvalue weighted by Gasteiger charge is -2.26. The topological polar surface area (TPSA) is 112 Å². The fourth-order valence-electron chi connectivity index (χ4n) is 2.25. The van der Waals surface area contributed by atoms with Crippen LogP contribution in [0.15, 0.2) is 24.3 Å². The van der Waals surface area contributed by atoms with Crippen molar-refractivity contribution in [1.29, 1.82) is 0 Å². The molecule has 0 saturated heterocycles. The highest BCUT2D eigenvalue weighted by molar-refractivity contribution is 7.91. The van der Waals surface area contributed by atoms with Crippen LogP contribution in [0, 0.1) is 6.92 Å². The second kappa shape index (κ2) is 7.11. The number of carbonyl (C=O) groups is 1. The first-order valence-electron chi connectivity index (χ1n) is 7.04. The van der Waals surface area contributed by atoms with E-state index in [1.807, 2.05) is 19.1 Å². The average Bonchev–Trinajstić information content (AvgIpc) is 2.39. The normalized spacial score (nSPS) is 13.6. The van der Waals surface area contributed by atoms with E-state index in [1.165, 1.54) is 0 Å². The molecular weight excluding hydrogens is 304 g/mol. The molecule has 0 spiro atoms. The number of nitrogens with two attached hydrogens (primary N) is 2. The summed E-state index contributed by atoms with van der Waals surface area (Å²) in [4.78, 5) is 10.9. The van der Waals surface area contributed by atoms with Crippen molar-refractivity contribution in [3.63, 3.8) is 0 Å². The minimum Gasteiger partial charge on any atom is -0.444 e. The Kier molecular flexibility index (Phi) is 5.96. The molecule has 0 heterocycles. The van der Waals surface area contributed by atoms with Gasteiger partial charge in [0.25, 0.3) is 0 Å². The van der Waals surface area contributed by atoms with E-state index in [9.17, 15) is 13.2 Å². The number of primary amides is 1. The highest BCUT2D eigenvalue weighted by Crippen LogP contribution is 2.31. The Labute approximate surface area is 131 Å². The monoisotopic (exact) mass is 328 g/mol. The molecule has 1 amide bonds. The minimum atomic E-state index is -3.47. The second-order valence-corrected chi connectivity index (χ2v) is 8.18. The molecule has 0 bridgehead atoms. The Morgan fingerprint density at radius 2 is 1.82 bits per heavy atom. The third-order valence-corrected chi connectivity index (χ3v) is 5.34. The first kappa shape index (κ1) is 18.4. The van der Waals surface area contributed by atoms with Crippen LogP contribution in [-0.2, 0) is 14.6 Å². The summed E-state index contributed by atoms with van der Waals surface area (Å²) in [6.45, 7) is 5.32. The number of ether oxygens (including phenoxy) is 1. The van der Waals surface area contributed by atoms with Crippen LogP contribution in [0.1, 0.15) is 43.1 Å². The lowest BCUT2D eigenvalue weighted by molar-refractivity contribution is 0.0375. The van der Waals surface area contributed by atoms with Gasteiger partial charge in [-0.05, 0) is 39.2 Å². The summed E-state index contributed by atoms with van der Waals surface area (Å²) in [5.41, 5.74) is 11.3. The summed E-state index contributed by atoms with van der Waals surface area (Å²) in [6.07, 6.45) is -0.227. The van der Waals surface area contributed by atoms with Gasteiger partial charge in [0.15, 0.2) is 9.84 Å². The molecule has 124 valence electrons. The van der Waals surface area contributed by atoms with E-state index >= 15 is 0 Å². The van der Waals surface area contributed by atoms with Gasteiger partial charge >= 0.3 is 6.09 Å². The number of sulfone groups is 1. The zero-order chi connectivity index (χ0) is 17.0. The van der Waals surface area contributed by atoms with Crippen molar-refractivity contribution in [3.8, 4) is 0 Å². The predicted octanol–water partition coefficient (Wildman–Crippen LogP) is 2.02. The van der Waals surface area contributed by atoms with Crippen molar-refractivity contribution in [2.75, 3.05) is 5.88 Å². The van der Waals surface area contributed by atoms with Crippen molar-refractivity contribution in [2.24, 2.45) is 11.5 Å². The smallest absolute Gasteiger partial charge is 0.405 e. The molecule has 1 rings (SSSR count).